The van der Waals surface area contributed by atoms with Crippen molar-refractivity contribution in [2.45, 2.75) is 6.92 Å². The van der Waals surface area contributed by atoms with Gasteiger partial charge in [0.2, 0.25) is 10.0 Å². The van der Waals surface area contributed by atoms with Crippen LogP contribution in [0.5, 0.6) is 0 Å². The smallest absolute Gasteiger partial charge is 0.213 e. The molecule has 0 amide bonds. The van der Waals surface area contributed by atoms with Crippen LogP contribution in [0.15, 0.2) is 4.99 Å². The maximum atomic E-state index is 11.4. The first-order valence-electron chi connectivity index (χ1n) is 5.32. The molecule has 0 spiro atoms. The van der Waals surface area contributed by atoms with Gasteiger partial charge in [-0.05, 0) is 6.92 Å². The Hall–Kier alpha value is -0.0900. The minimum Gasteiger partial charge on any atom is -0.370 e. The molecule has 1 rings (SSSR count). The van der Waals surface area contributed by atoms with E-state index in [9.17, 15) is 8.42 Å². The molecule has 0 bridgehead atoms. The molecule has 102 valence electrons. The zero-order chi connectivity index (χ0) is 12.3. The lowest BCUT2D eigenvalue weighted by molar-refractivity contribution is 0.208. The molecule has 0 unspecified atom stereocenters. The Balaban J connectivity index is 0.00000256. The van der Waals surface area contributed by atoms with Crippen LogP contribution in [0.3, 0.4) is 0 Å². The molecule has 6 nitrogen and oxygen atoms in total. The van der Waals surface area contributed by atoms with Crippen LogP contribution in [0.25, 0.3) is 0 Å². The summed E-state index contributed by atoms with van der Waals surface area (Å²) in [6, 6.07) is 0. The van der Waals surface area contributed by atoms with Gasteiger partial charge in [0.25, 0.3) is 0 Å². The molecule has 1 heterocycles. The van der Waals surface area contributed by atoms with Crippen molar-refractivity contribution in [2.75, 3.05) is 39.5 Å². The summed E-state index contributed by atoms with van der Waals surface area (Å²) < 4.78 is 24.4. The first-order valence-corrected chi connectivity index (χ1v) is 6.92. The van der Waals surface area contributed by atoms with Crippen LogP contribution in [0.1, 0.15) is 6.92 Å². The van der Waals surface area contributed by atoms with Gasteiger partial charge in [-0.1, -0.05) is 0 Å². The number of rotatable bonds is 4. The summed E-state index contributed by atoms with van der Waals surface area (Å²) in [6.07, 6.45) is 0. The van der Waals surface area contributed by atoms with Crippen molar-refractivity contribution >= 4 is 40.0 Å². The van der Waals surface area contributed by atoms with Gasteiger partial charge in [0.15, 0.2) is 5.96 Å². The predicted octanol–water partition coefficient (Wildman–Crippen LogP) is -0.238. The molecule has 0 aromatic heterocycles. The Bertz CT molecular complexity index is 363. The van der Waals surface area contributed by atoms with E-state index in [1.54, 1.807) is 11.8 Å². The number of halogens is 1. The van der Waals surface area contributed by atoms with E-state index >= 15 is 0 Å². The first-order chi connectivity index (χ1) is 7.36. The summed E-state index contributed by atoms with van der Waals surface area (Å²) in [5, 5.41) is 0. The zero-order valence-corrected chi connectivity index (χ0v) is 13.6. The molecule has 1 aliphatic rings. The van der Waals surface area contributed by atoms with Crippen LogP contribution >= 0.6 is 24.0 Å². The summed E-state index contributed by atoms with van der Waals surface area (Å²) in [6.45, 7) is 3.39. The molecule has 0 saturated carbocycles. The summed E-state index contributed by atoms with van der Waals surface area (Å²) in [5.41, 5.74) is 5.63. The molecule has 0 atom stereocenters. The molecule has 1 fully saturated rings. The van der Waals surface area contributed by atoms with Crippen molar-refractivity contribution in [3.8, 4) is 0 Å². The van der Waals surface area contributed by atoms with E-state index in [1.807, 2.05) is 14.1 Å². The summed E-state index contributed by atoms with van der Waals surface area (Å²) in [7, 11) is 0.648. The highest BCUT2D eigenvalue weighted by molar-refractivity contribution is 14.0. The molecule has 0 aromatic carbocycles. The fraction of sp³-hybridized carbons (Fsp3) is 0.889. The second-order valence-corrected chi connectivity index (χ2v) is 6.43. The molecule has 0 aliphatic carbocycles. The largest absolute Gasteiger partial charge is 0.370 e. The van der Waals surface area contributed by atoms with Gasteiger partial charge in [-0.3, -0.25) is 4.99 Å². The molecule has 1 aliphatic heterocycles. The number of hydrogen-bond acceptors (Lipinski definition) is 3. The molecule has 0 aromatic rings. The Morgan fingerprint density at radius 3 is 2.41 bits per heavy atom. The number of guanidine groups is 1. The van der Waals surface area contributed by atoms with E-state index < -0.39 is 10.0 Å². The van der Waals surface area contributed by atoms with Gasteiger partial charge in [0.05, 0.1) is 5.75 Å². The van der Waals surface area contributed by atoms with Gasteiger partial charge >= 0.3 is 0 Å². The normalized spacial score (nSPS) is 18.4. The maximum absolute atomic E-state index is 11.4. The highest BCUT2D eigenvalue weighted by Gasteiger charge is 2.34. The second-order valence-electron chi connectivity index (χ2n) is 4.18. The van der Waals surface area contributed by atoms with Crippen LogP contribution < -0.4 is 5.73 Å². The molecule has 8 heteroatoms. The van der Waals surface area contributed by atoms with Gasteiger partial charge in [-0.2, -0.15) is 0 Å². The van der Waals surface area contributed by atoms with Crippen LogP contribution in [-0.2, 0) is 10.0 Å². The highest BCUT2D eigenvalue weighted by Crippen LogP contribution is 2.19. The summed E-state index contributed by atoms with van der Waals surface area (Å²) in [4.78, 5) is 5.92. The minimum atomic E-state index is -3.01. The van der Waals surface area contributed by atoms with E-state index in [0.29, 0.717) is 31.5 Å². The number of aliphatic imine (C=N–C) groups is 1. The van der Waals surface area contributed by atoms with Crippen LogP contribution in [0.2, 0.25) is 0 Å². The fourth-order valence-electron chi connectivity index (χ4n) is 1.41. The number of nitrogens with two attached hydrogens (primary N) is 1. The topological polar surface area (TPSA) is 79.0 Å². The highest BCUT2D eigenvalue weighted by atomic mass is 127. The minimum absolute atomic E-state index is 0. The third-order valence-corrected chi connectivity index (χ3v) is 4.47. The molecular weight excluding hydrogens is 355 g/mol. The Labute approximate surface area is 120 Å². The van der Waals surface area contributed by atoms with Crippen molar-refractivity contribution < 1.29 is 8.42 Å². The van der Waals surface area contributed by atoms with E-state index in [-0.39, 0.29) is 29.7 Å². The van der Waals surface area contributed by atoms with Crippen LogP contribution in [0, 0.1) is 5.92 Å². The van der Waals surface area contributed by atoms with Gasteiger partial charge in [0.1, 0.15) is 0 Å². The SMILES string of the molecule is CCS(=O)(=O)N1CC(CN=C(N)N(C)C)C1.I. The van der Waals surface area contributed by atoms with Crippen LogP contribution in [-0.4, -0.2) is 63.1 Å². The standard InChI is InChI=1S/C9H20N4O2S.HI/c1-4-16(14,15)13-6-8(7-13)5-11-9(10)12(2)3;/h8H,4-7H2,1-3H3,(H2,10,11);1H. The quantitative estimate of drug-likeness (QED) is 0.418. The number of nitrogens with zero attached hydrogens (tertiary/aromatic N) is 3. The van der Waals surface area contributed by atoms with E-state index in [1.165, 1.54) is 4.31 Å². The van der Waals surface area contributed by atoms with Crippen molar-refractivity contribution in [1.82, 2.24) is 9.21 Å². The predicted molar refractivity (Wildman–Crippen MR) is 80.1 cm³/mol. The maximum Gasteiger partial charge on any atom is 0.213 e. The fourth-order valence-corrected chi connectivity index (χ4v) is 2.65. The van der Waals surface area contributed by atoms with Gasteiger partial charge in [-0.15, -0.1) is 24.0 Å². The lowest BCUT2D eigenvalue weighted by Crippen LogP contribution is -2.51. The van der Waals surface area contributed by atoms with E-state index in [0.717, 1.165) is 0 Å². The summed E-state index contributed by atoms with van der Waals surface area (Å²) >= 11 is 0. The molecule has 17 heavy (non-hydrogen) atoms. The monoisotopic (exact) mass is 376 g/mol. The van der Waals surface area contributed by atoms with Gasteiger partial charge < -0.3 is 10.6 Å². The van der Waals surface area contributed by atoms with Crippen molar-refractivity contribution in [2.24, 2.45) is 16.6 Å². The Morgan fingerprint density at radius 2 is 2.00 bits per heavy atom. The molecule has 1 saturated heterocycles. The average Bonchev–Trinajstić information content (AvgIpc) is 2.14. The molecule has 0 radical (unpaired) electrons. The second kappa shape index (κ2) is 6.74. The lowest BCUT2D eigenvalue weighted by Gasteiger charge is -2.37. The number of hydrogen-bond donors (Lipinski definition) is 1. The first kappa shape index (κ1) is 16.9. The van der Waals surface area contributed by atoms with Crippen molar-refractivity contribution in [3.05, 3.63) is 0 Å². The molecular formula is C9H21IN4O2S. The average molecular weight is 376 g/mol. The van der Waals surface area contributed by atoms with Gasteiger partial charge in [0, 0.05) is 39.6 Å². The number of sulfonamides is 1. The van der Waals surface area contributed by atoms with E-state index in [4.69, 9.17) is 5.73 Å². The Morgan fingerprint density at radius 1 is 1.47 bits per heavy atom. The van der Waals surface area contributed by atoms with Crippen LogP contribution in [0.4, 0.5) is 0 Å². The van der Waals surface area contributed by atoms with Crippen molar-refractivity contribution in [1.29, 1.82) is 0 Å². The lowest BCUT2D eigenvalue weighted by atomic mass is 10.0. The summed E-state index contributed by atoms with van der Waals surface area (Å²) in [5.74, 6) is 0.958. The third-order valence-electron chi connectivity index (χ3n) is 2.65. The van der Waals surface area contributed by atoms with Crippen molar-refractivity contribution in [3.63, 3.8) is 0 Å². The molecule has 2 N–H and O–H groups in total. The Kier molecular flexibility index (Phi) is 6.70. The van der Waals surface area contributed by atoms with Gasteiger partial charge in [-0.25, -0.2) is 12.7 Å². The van der Waals surface area contributed by atoms with E-state index in [2.05, 4.69) is 4.99 Å². The third kappa shape index (κ3) is 4.59. The zero-order valence-electron chi connectivity index (χ0n) is 10.5.